The predicted octanol–water partition coefficient (Wildman–Crippen LogP) is 4.78. The van der Waals surface area contributed by atoms with E-state index in [0.717, 1.165) is 11.1 Å². The molecule has 0 atom stereocenters. The minimum absolute atomic E-state index is 0.0319. The molecule has 0 bridgehead atoms. The van der Waals surface area contributed by atoms with Gasteiger partial charge < -0.3 is 0 Å². The third-order valence-electron chi connectivity index (χ3n) is 3.80. The first-order valence-corrected chi connectivity index (χ1v) is 8.93. The lowest BCUT2D eigenvalue weighted by Crippen LogP contribution is -2.16. The molecule has 4 rings (SSSR count). The fourth-order valence-electron chi connectivity index (χ4n) is 2.53. The summed E-state index contributed by atoms with van der Waals surface area (Å²) < 4.78 is 14.6. The van der Waals surface area contributed by atoms with E-state index in [1.54, 1.807) is 36.7 Å². The molecule has 128 valence electrons. The zero-order valence-corrected chi connectivity index (χ0v) is 14.8. The third kappa shape index (κ3) is 3.05. The molecule has 0 fully saturated rings. The molecular formula is C19H11ClFN3OS. The van der Waals surface area contributed by atoms with Gasteiger partial charge in [-0.05, 0) is 47.5 Å². The Bertz CT molecular complexity index is 1170. The average Bonchev–Trinajstić information content (AvgIpc) is 3.09. The van der Waals surface area contributed by atoms with Crippen molar-refractivity contribution in [2.45, 2.75) is 0 Å². The summed E-state index contributed by atoms with van der Waals surface area (Å²) in [7, 11) is 0. The quantitative estimate of drug-likeness (QED) is 0.511. The van der Waals surface area contributed by atoms with Crippen LogP contribution < -0.4 is 5.56 Å². The van der Waals surface area contributed by atoms with Crippen molar-refractivity contribution in [2.75, 3.05) is 0 Å². The van der Waals surface area contributed by atoms with Gasteiger partial charge in [-0.25, -0.2) is 13.8 Å². The second-order valence-electron chi connectivity index (χ2n) is 5.48. The smallest absolute Gasteiger partial charge is 0.267 e. The fourth-order valence-corrected chi connectivity index (χ4v) is 3.61. The first kappa shape index (κ1) is 16.6. The van der Waals surface area contributed by atoms with Crippen molar-refractivity contribution in [2.24, 2.45) is 0 Å². The Labute approximate surface area is 156 Å². The minimum Gasteiger partial charge on any atom is -0.267 e. The summed E-state index contributed by atoms with van der Waals surface area (Å²) in [6, 6.07) is 9.65. The van der Waals surface area contributed by atoms with Crippen molar-refractivity contribution in [1.82, 2.24) is 14.4 Å². The van der Waals surface area contributed by atoms with E-state index < -0.39 is 0 Å². The van der Waals surface area contributed by atoms with Gasteiger partial charge in [0.2, 0.25) is 0 Å². The third-order valence-corrected chi connectivity index (χ3v) is 4.98. The summed E-state index contributed by atoms with van der Waals surface area (Å²) in [5.74, 6) is -0.334. The molecule has 4 aromatic rings. The number of nitrogens with zero attached hydrogens (tertiary/aromatic N) is 3. The van der Waals surface area contributed by atoms with E-state index in [2.05, 4.69) is 9.97 Å². The summed E-state index contributed by atoms with van der Waals surface area (Å²) in [4.78, 5) is 21.8. The van der Waals surface area contributed by atoms with Crippen molar-refractivity contribution in [1.29, 1.82) is 0 Å². The second kappa shape index (κ2) is 6.82. The van der Waals surface area contributed by atoms with E-state index in [1.807, 2.05) is 17.5 Å². The van der Waals surface area contributed by atoms with Gasteiger partial charge in [-0.3, -0.25) is 9.78 Å². The molecule has 0 amide bonds. The molecule has 0 saturated heterocycles. The Morgan fingerprint density at radius 3 is 2.69 bits per heavy atom. The minimum atomic E-state index is -0.358. The molecule has 0 aliphatic heterocycles. The van der Waals surface area contributed by atoms with Crippen LogP contribution in [0.4, 0.5) is 4.39 Å². The molecule has 3 heterocycles. The number of thiazole rings is 1. The normalized spacial score (nSPS) is 11.5. The second-order valence-corrected chi connectivity index (χ2v) is 6.70. The van der Waals surface area contributed by atoms with E-state index in [9.17, 15) is 9.18 Å². The maximum absolute atomic E-state index is 13.2. The lowest BCUT2D eigenvalue weighted by Gasteiger charge is -2.04. The highest BCUT2D eigenvalue weighted by molar-refractivity contribution is 7.15. The molecule has 0 radical (unpaired) electrons. The number of hydrogen-bond acceptors (Lipinski definition) is 4. The average molecular weight is 384 g/mol. The molecule has 0 saturated carbocycles. The molecule has 0 aliphatic rings. The number of fused-ring (bicyclic) bond motifs is 1. The van der Waals surface area contributed by atoms with Gasteiger partial charge in [-0.2, -0.15) is 0 Å². The molecule has 26 heavy (non-hydrogen) atoms. The number of benzene rings is 1. The fraction of sp³-hybridized carbons (Fsp3) is 0. The zero-order chi connectivity index (χ0) is 18.1. The lowest BCUT2D eigenvalue weighted by molar-refractivity contribution is 0.628. The van der Waals surface area contributed by atoms with Crippen molar-refractivity contribution in [3.63, 3.8) is 0 Å². The van der Waals surface area contributed by atoms with Crippen LogP contribution in [0.15, 0.2) is 59.0 Å². The van der Waals surface area contributed by atoms with Gasteiger partial charge in [0.1, 0.15) is 10.8 Å². The molecule has 4 nitrogen and oxygen atoms in total. The van der Waals surface area contributed by atoms with Crippen LogP contribution >= 0.6 is 22.9 Å². The molecule has 3 aromatic heterocycles. The molecule has 0 unspecified atom stereocenters. The molecule has 0 spiro atoms. The van der Waals surface area contributed by atoms with Gasteiger partial charge in [-0.1, -0.05) is 23.7 Å². The molecule has 0 aliphatic carbocycles. The molecule has 7 heteroatoms. The van der Waals surface area contributed by atoms with Crippen molar-refractivity contribution in [3.8, 4) is 11.3 Å². The number of rotatable bonds is 3. The summed E-state index contributed by atoms with van der Waals surface area (Å²) in [5, 5.41) is 1.84. The topological polar surface area (TPSA) is 47.3 Å². The Hall–Kier alpha value is -2.83. The summed E-state index contributed by atoms with van der Waals surface area (Å²) in [6.45, 7) is 0. The Morgan fingerprint density at radius 2 is 1.96 bits per heavy atom. The highest BCUT2D eigenvalue weighted by Gasteiger charge is 2.14. The van der Waals surface area contributed by atoms with Crippen molar-refractivity contribution in [3.05, 3.63) is 86.6 Å². The molecular weight excluding hydrogens is 373 g/mol. The van der Waals surface area contributed by atoms with Crippen molar-refractivity contribution < 1.29 is 4.39 Å². The van der Waals surface area contributed by atoms with Crippen LogP contribution in [0.1, 0.15) is 11.3 Å². The standard InChI is InChI=1S/C19H11ClFN3OS/c20-17-15(8-3-12-2-1-9-22-10-12)23-19-24(18(17)25)16(11-26-19)13-4-6-14(21)7-5-13/h1-11H. The zero-order valence-electron chi connectivity index (χ0n) is 13.3. The van der Waals surface area contributed by atoms with E-state index in [1.165, 1.54) is 27.9 Å². The maximum atomic E-state index is 13.2. The number of hydrogen-bond donors (Lipinski definition) is 0. The van der Waals surface area contributed by atoms with Gasteiger partial charge in [0.25, 0.3) is 5.56 Å². The number of halogens is 2. The molecule has 0 N–H and O–H groups in total. The lowest BCUT2D eigenvalue weighted by atomic mass is 10.2. The summed E-state index contributed by atoms with van der Waals surface area (Å²) >= 11 is 7.59. The highest BCUT2D eigenvalue weighted by atomic mass is 35.5. The summed E-state index contributed by atoms with van der Waals surface area (Å²) in [5.41, 5.74) is 2.27. The van der Waals surface area contributed by atoms with Crippen molar-refractivity contribution >= 4 is 40.1 Å². The van der Waals surface area contributed by atoms with Gasteiger partial charge in [0.05, 0.1) is 11.4 Å². The Balaban J connectivity index is 1.82. The van der Waals surface area contributed by atoms with E-state index in [0.29, 0.717) is 16.3 Å². The predicted molar refractivity (Wildman–Crippen MR) is 103 cm³/mol. The number of aromatic nitrogens is 3. The van der Waals surface area contributed by atoms with Crippen LogP contribution in [-0.2, 0) is 0 Å². The van der Waals surface area contributed by atoms with Crippen LogP contribution in [0.2, 0.25) is 5.02 Å². The first-order valence-electron chi connectivity index (χ1n) is 7.67. The van der Waals surface area contributed by atoms with Crippen LogP contribution in [0.25, 0.3) is 28.4 Å². The molecule has 1 aromatic carbocycles. The van der Waals surface area contributed by atoms with E-state index >= 15 is 0 Å². The highest BCUT2D eigenvalue weighted by Crippen LogP contribution is 2.26. The summed E-state index contributed by atoms with van der Waals surface area (Å²) in [6.07, 6.45) is 6.88. The Morgan fingerprint density at radius 1 is 1.15 bits per heavy atom. The number of pyridine rings is 1. The Kier molecular flexibility index (Phi) is 4.36. The first-order chi connectivity index (χ1) is 12.6. The van der Waals surface area contributed by atoms with Gasteiger partial charge >= 0.3 is 0 Å². The van der Waals surface area contributed by atoms with E-state index in [4.69, 9.17) is 11.6 Å². The SMILES string of the molecule is O=c1c(Cl)c(C=Cc2cccnc2)nc2scc(-c3ccc(F)cc3)n12. The maximum Gasteiger partial charge on any atom is 0.278 e. The van der Waals surface area contributed by atoms with Crippen LogP contribution in [0.5, 0.6) is 0 Å². The van der Waals surface area contributed by atoms with Crippen LogP contribution in [0.3, 0.4) is 0 Å². The van der Waals surface area contributed by atoms with Gasteiger partial charge in [0, 0.05) is 17.8 Å². The van der Waals surface area contributed by atoms with Crippen LogP contribution in [0, 0.1) is 5.82 Å². The van der Waals surface area contributed by atoms with Gasteiger partial charge in [-0.15, -0.1) is 11.3 Å². The van der Waals surface area contributed by atoms with Crippen LogP contribution in [-0.4, -0.2) is 14.4 Å². The monoisotopic (exact) mass is 383 g/mol. The van der Waals surface area contributed by atoms with E-state index in [-0.39, 0.29) is 16.4 Å². The largest absolute Gasteiger partial charge is 0.278 e. The van der Waals surface area contributed by atoms with Gasteiger partial charge in [0.15, 0.2) is 4.96 Å².